The van der Waals surface area contributed by atoms with Gasteiger partial charge in [0.1, 0.15) is 11.0 Å². The molecule has 4 aromatic carbocycles. The van der Waals surface area contributed by atoms with Crippen molar-refractivity contribution in [1.29, 1.82) is 0 Å². The number of hydrogen-bond acceptors (Lipinski definition) is 5. The molecular weight excluding hydrogens is 608 g/mol. The zero-order valence-corrected chi connectivity index (χ0v) is 27.5. The molecule has 0 unspecified atom stereocenters. The van der Waals surface area contributed by atoms with Crippen LogP contribution in [0.4, 0.5) is 5.82 Å². The van der Waals surface area contributed by atoms with E-state index in [2.05, 4.69) is 94.1 Å². The van der Waals surface area contributed by atoms with E-state index in [1.54, 1.807) is 11.8 Å². The smallest absolute Gasteiger partial charge is 0.251 e. The Labute approximate surface area is 281 Å². The average molecular weight is 647 g/mol. The Morgan fingerprint density at radius 1 is 0.804 bits per heavy atom. The number of carbonyl (C=O) groups is 1. The fraction of sp³-hybridized carbons (Fsp3) is 0.256. The summed E-state index contributed by atoms with van der Waals surface area (Å²) in [7, 11) is 0. The number of carbonyl (C=O) groups excluding carboxylic acids is 1. The van der Waals surface area contributed by atoms with Crippen molar-refractivity contribution >= 4 is 35.1 Å². The molecule has 0 spiro atoms. The summed E-state index contributed by atoms with van der Waals surface area (Å²) in [5.41, 5.74) is 5.67. The second kappa shape index (κ2) is 15.9. The molecule has 0 radical (unpaired) electrons. The highest BCUT2D eigenvalue weighted by Gasteiger charge is 2.22. The zero-order chi connectivity index (χ0) is 31.6. The predicted octanol–water partition coefficient (Wildman–Crippen LogP) is 8.83. The first-order chi connectivity index (χ1) is 22.6. The van der Waals surface area contributed by atoms with E-state index in [1.807, 2.05) is 42.5 Å². The van der Waals surface area contributed by atoms with Gasteiger partial charge in [-0.25, -0.2) is 9.97 Å². The Bertz CT molecular complexity index is 1640. The lowest BCUT2D eigenvalue weighted by Gasteiger charge is -2.33. The summed E-state index contributed by atoms with van der Waals surface area (Å²) in [5, 5.41) is 4.26. The zero-order valence-electron chi connectivity index (χ0n) is 25.9. The molecule has 1 N–H and O–H groups in total. The number of thioether (sulfide) groups is 1. The summed E-state index contributed by atoms with van der Waals surface area (Å²) in [6.45, 7) is 2.53. The molecule has 1 aromatic heterocycles. The third kappa shape index (κ3) is 8.77. The molecule has 1 saturated heterocycles. The lowest BCUT2D eigenvalue weighted by atomic mass is 9.88. The number of piperidine rings is 1. The van der Waals surface area contributed by atoms with Crippen molar-refractivity contribution < 1.29 is 4.79 Å². The Kier molecular flexibility index (Phi) is 11.0. The van der Waals surface area contributed by atoms with Gasteiger partial charge in [0.25, 0.3) is 5.91 Å². The van der Waals surface area contributed by atoms with Crippen LogP contribution in [0.1, 0.15) is 57.8 Å². The van der Waals surface area contributed by atoms with Gasteiger partial charge in [-0.1, -0.05) is 126 Å². The van der Waals surface area contributed by atoms with Crippen molar-refractivity contribution in [3.8, 4) is 0 Å². The molecule has 2 heterocycles. The third-order valence-electron chi connectivity index (χ3n) is 8.67. The Morgan fingerprint density at radius 3 is 2.04 bits per heavy atom. The van der Waals surface area contributed by atoms with Crippen LogP contribution in [-0.4, -0.2) is 35.5 Å². The van der Waals surface area contributed by atoms with Crippen LogP contribution in [0.15, 0.2) is 126 Å². The fourth-order valence-corrected chi connectivity index (χ4v) is 7.19. The molecule has 0 bridgehead atoms. The highest BCUT2D eigenvalue weighted by Crippen LogP contribution is 2.30. The first kappa shape index (κ1) is 31.8. The van der Waals surface area contributed by atoms with E-state index in [0.29, 0.717) is 34.1 Å². The highest BCUT2D eigenvalue weighted by atomic mass is 35.5. The van der Waals surface area contributed by atoms with E-state index in [4.69, 9.17) is 16.6 Å². The summed E-state index contributed by atoms with van der Waals surface area (Å²) in [5.74, 6) is 2.44. The largest absolute Gasteiger partial charge is 0.356 e. The summed E-state index contributed by atoms with van der Waals surface area (Å²) in [6.07, 6.45) is 4.23. The highest BCUT2D eigenvalue weighted by molar-refractivity contribution is 7.98. The Morgan fingerprint density at radius 2 is 1.41 bits per heavy atom. The maximum Gasteiger partial charge on any atom is 0.251 e. The molecule has 1 aliphatic heterocycles. The molecule has 1 amide bonds. The van der Waals surface area contributed by atoms with E-state index in [9.17, 15) is 4.79 Å². The minimum absolute atomic E-state index is 0.0607. The number of halogens is 1. The number of benzene rings is 4. The van der Waals surface area contributed by atoms with Gasteiger partial charge in [0, 0.05) is 42.9 Å². The number of nitrogens with zero attached hydrogens (tertiary/aromatic N) is 3. The molecule has 7 heteroatoms. The quantitative estimate of drug-likeness (QED) is 0.0834. The molecule has 5 nitrogen and oxygen atoms in total. The molecule has 0 aliphatic carbocycles. The standard InChI is InChI=1S/C39H39ClN4OS/c40-36-27-37(44-24-21-30(22-25-44)26-29-10-4-1-5-11-29)43-39(42-36)46-28-31-16-18-34(19-17-31)38(45)41-23-20-35(32-12-6-2-7-13-32)33-14-8-3-9-15-33/h1-19,27,30,35H,20-26,28H2,(H,41,45). The number of amides is 1. The number of aromatic nitrogens is 2. The van der Waals surface area contributed by atoms with Crippen molar-refractivity contribution in [3.05, 3.63) is 154 Å². The summed E-state index contributed by atoms with van der Waals surface area (Å²) < 4.78 is 0. The van der Waals surface area contributed by atoms with Crippen LogP contribution in [0, 0.1) is 5.92 Å². The summed E-state index contributed by atoms with van der Waals surface area (Å²) in [6, 6.07) is 41.4. The van der Waals surface area contributed by atoms with E-state index < -0.39 is 0 Å². The number of rotatable bonds is 12. The Balaban J connectivity index is 0.989. The SMILES string of the molecule is O=C(NCCC(c1ccccc1)c1ccccc1)c1ccc(CSc2nc(Cl)cc(N3CCC(Cc4ccccc4)CC3)n2)cc1. The monoisotopic (exact) mass is 646 g/mol. The van der Waals surface area contributed by atoms with Gasteiger partial charge in [-0.05, 0) is 66.0 Å². The van der Waals surface area contributed by atoms with Gasteiger partial charge in [-0.2, -0.15) is 0 Å². The van der Waals surface area contributed by atoms with Crippen LogP contribution in [-0.2, 0) is 12.2 Å². The van der Waals surface area contributed by atoms with Gasteiger partial charge < -0.3 is 10.2 Å². The van der Waals surface area contributed by atoms with E-state index in [1.165, 1.54) is 16.7 Å². The summed E-state index contributed by atoms with van der Waals surface area (Å²) >= 11 is 8.00. The molecule has 5 aromatic rings. The fourth-order valence-electron chi connectivity index (χ4n) is 6.15. The number of anilines is 1. The van der Waals surface area contributed by atoms with Gasteiger partial charge >= 0.3 is 0 Å². The first-order valence-electron chi connectivity index (χ1n) is 16.0. The van der Waals surface area contributed by atoms with Gasteiger partial charge in [-0.3, -0.25) is 4.79 Å². The van der Waals surface area contributed by atoms with Crippen molar-refractivity contribution in [3.63, 3.8) is 0 Å². The lowest BCUT2D eigenvalue weighted by Crippen LogP contribution is -2.35. The average Bonchev–Trinajstić information content (AvgIpc) is 3.11. The minimum atomic E-state index is -0.0607. The molecule has 0 saturated carbocycles. The summed E-state index contributed by atoms with van der Waals surface area (Å²) in [4.78, 5) is 24.6. The molecule has 0 atom stereocenters. The second-order valence-electron chi connectivity index (χ2n) is 11.9. The van der Waals surface area contributed by atoms with E-state index >= 15 is 0 Å². The first-order valence-corrected chi connectivity index (χ1v) is 17.4. The molecule has 1 aliphatic rings. The predicted molar refractivity (Wildman–Crippen MR) is 190 cm³/mol. The van der Waals surface area contributed by atoms with Gasteiger partial charge in [0.2, 0.25) is 0 Å². The van der Waals surface area contributed by atoms with E-state index in [-0.39, 0.29) is 11.8 Å². The molecule has 6 rings (SSSR count). The molecule has 1 fully saturated rings. The molecule has 46 heavy (non-hydrogen) atoms. The van der Waals surface area contributed by atoms with Crippen molar-refractivity contribution in [2.75, 3.05) is 24.5 Å². The Hall–Kier alpha value is -4.13. The van der Waals surface area contributed by atoms with Crippen LogP contribution >= 0.6 is 23.4 Å². The number of hydrogen-bond donors (Lipinski definition) is 1. The molecular formula is C39H39ClN4OS. The van der Waals surface area contributed by atoms with Gasteiger partial charge in [0.05, 0.1) is 0 Å². The number of nitrogens with one attached hydrogen (secondary N) is 1. The van der Waals surface area contributed by atoms with Crippen LogP contribution in [0.5, 0.6) is 0 Å². The van der Waals surface area contributed by atoms with Crippen molar-refractivity contribution in [1.82, 2.24) is 15.3 Å². The van der Waals surface area contributed by atoms with Crippen LogP contribution < -0.4 is 10.2 Å². The van der Waals surface area contributed by atoms with Crippen LogP contribution in [0.3, 0.4) is 0 Å². The van der Waals surface area contributed by atoms with Gasteiger partial charge in [0.15, 0.2) is 5.16 Å². The van der Waals surface area contributed by atoms with Crippen LogP contribution in [0.25, 0.3) is 0 Å². The van der Waals surface area contributed by atoms with Crippen molar-refractivity contribution in [2.45, 2.75) is 42.5 Å². The third-order valence-corrected chi connectivity index (χ3v) is 9.79. The van der Waals surface area contributed by atoms with Crippen LogP contribution in [0.2, 0.25) is 5.15 Å². The maximum atomic E-state index is 13.0. The van der Waals surface area contributed by atoms with E-state index in [0.717, 1.165) is 50.2 Å². The second-order valence-corrected chi connectivity index (χ2v) is 13.2. The lowest BCUT2D eigenvalue weighted by molar-refractivity contribution is 0.0953. The molecule has 234 valence electrons. The normalized spacial score (nSPS) is 13.6. The van der Waals surface area contributed by atoms with Crippen molar-refractivity contribution in [2.24, 2.45) is 5.92 Å². The maximum absolute atomic E-state index is 13.0. The topological polar surface area (TPSA) is 58.1 Å². The van der Waals surface area contributed by atoms with Gasteiger partial charge in [-0.15, -0.1) is 0 Å². The minimum Gasteiger partial charge on any atom is -0.356 e.